The fourth-order valence-electron chi connectivity index (χ4n) is 1.72. The predicted molar refractivity (Wildman–Crippen MR) is 85.9 cm³/mol. The van der Waals surface area contributed by atoms with Crippen LogP contribution >= 0.6 is 0 Å². The van der Waals surface area contributed by atoms with Crippen molar-refractivity contribution in [2.75, 3.05) is 59.4 Å². The maximum atomic E-state index is 5.51. The molecule has 1 N–H and O–H groups in total. The van der Waals surface area contributed by atoms with Crippen molar-refractivity contribution in [2.24, 2.45) is 0 Å². The molecule has 5 heteroatoms. The molecule has 5 nitrogen and oxygen atoms in total. The molecule has 0 heterocycles. The molecule has 0 rings (SSSR count). The lowest BCUT2D eigenvalue weighted by Gasteiger charge is -2.12. The summed E-state index contributed by atoms with van der Waals surface area (Å²) in [4.78, 5) is 0. The number of ether oxygens (including phenoxy) is 4. The Morgan fingerprint density at radius 2 is 1.19 bits per heavy atom. The zero-order chi connectivity index (χ0) is 15.6. The summed E-state index contributed by atoms with van der Waals surface area (Å²) in [7, 11) is 0. The standard InChI is InChI=1S/C16H35NO4/c1-4-6-8-18-10-12-20-14-15-21-13-11-19-9-7-16(3)17-5-2/h16-17H,4-15H2,1-3H3. The van der Waals surface area contributed by atoms with Gasteiger partial charge >= 0.3 is 0 Å². The van der Waals surface area contributed by atoms with Crippen LogP contribution in [-0.2, 0) is 18.9 Å². The largest absolute Gasteiger partial charge is 0.379 e. The molecule has 0 aliphatic heterocycles. The summed E-state index contributed by atoms with van der Waals surface area (Å²) in [5.41, 5.74) is 0. The fraction of sp³-hybridized carbons (Fsp3) is 1.00. The van der Waals surface area contributed by atoms with E-state index in [-0.39, 0.29) is 0 Å². The van der Waals surface area contributed by atoms with Gasteiger partial charge in [0.15, 0.2) is 0 Å². The highest BCUT2D eigenvalue weighted by atomic mass is 16.6. The molecule has 1 atom stereocenters. The molecule has 128 valence electrons. The van der Waals surface area contributed by atoms with Gasteiger partial charge in [-0.1, -0.05) is 20.3 Å². The maximum absolute atomic E-state index is 5.51. The van der Waals surface area contributed by atoms with E-state index in [0.717, 1.165) is 32.6 Å². The van der Waals surface area contributed by atoms with Crippen molar-refractivity contribution in [3.63, 3.8) is 0 Å². The fourth-order valence-corrected chi connectivity index (χ4v) is 1.72. The average Bonchev–Trinajstić information content (AvgIpc) is 2.48. The van der Waals surface area contributed by atoms with E-state index >= 15 is 0 Å². The second kappa shape index (κ2) is 17.9. The molecule has 0 amide bonds. The molecular formula is C16H35NO4. The van der Waals surface area contributed by atoms with Gasteiger partial charge in [0.25, 0.3) is 0 Å². The zero-order valence-corrected chi connectivity index (χ0v) is 14.2. The molecule has 0 saturated heterocycles. The van der Waals surface area contributed by atoms with Gasteiger partial charge in [0, 0.05) is 19.3 Å². The van der Waals surface area contributed by atoms with E-state index in [4.69, 9.17) is 18.9 Å². The summed E-state index contributed by atoms with van der Waals surface area (Å²) in [5, 5.41) is 3.35. The molecule has 0 spiro atoms. The van der Waals surface area contributed by atoms with Crippen LogP contribution < -0.4 is 5.32 Å². The Bertz CT molecular complexity index is 193. The zero-order valence-electron chi connectivity index (χ0n) is 14.2. The highest BCUT2D eigenvalue weighted by Gasteiger charge is 1.98. The van der Waals surface area contributed by atoms with Gasteiger partial charge in [-0.15, -0.1) is 0 Å². The van der Waals surface area contributed by atoms with E-state index in [1.54, 1.807) is 0 Å². The molecule has 0 aliphatic rings. The molecule has 1 unspecified atom stereocenters. The lowest BCUT2D eigenvalue weighted by Crippen LogP contribution is -2.27. The van der Waals surface area contributed by atoms with Gasteiger partial charge in [-0.2, -0.15) is 0 Å². The van der Waals surface area contributed by atoms with Crippen molar-refractivity contribution in [1.82, 2.24) is 5.32 Å². The van der Waals surface area contributed by atoms with Crippen LogP contribution in [0.5, 0.6) is 0 Å². The number of unbranched alkanes of at least 4 members (excludes halogenated alkanes) is 1. The van der Waals surface area contributed by atoms with Crippen LogP contribution in [0, 0.1) is 0 Å². The third kappa shape index (κ3) is 17.7. The molecule has 0 aliphatic carbocycles. The van der Waals surface area contributed by atoms with Crippen molar-refractivity contribution in [1.29, 1.82) is 0 Å². The summed E-state index contributed by atoms with van der Waals surface area (Å²) >= 11 is 0. The predicted octanol–water partition coefficient (Wildman–Crippen LogP) is 2.24. The third-order valence-electron chi connectivity index (χ3n) is 3.01. The quantitative estimate of drug-likeness (QED) is 0.418. The Morgan fingerprint density at radius 3 is 1.67 bits per heavy atom. The van der Waals surface area contributed by atoms with E-state index in [1.165, 1.54) is 6.42 Å². The number of hydrogen-bond acceptors (Lipinski definition) is 5. The molecule has 0 aromatic heterocycles. The second-order valence-corrected chi connectivity index (χ2v) is 5.05. The van der Waals surface area contributed by atoms with Gasteiger partial charge in [-0.3, -0.25) is 0 Å². The molecule has 0 bridgehead atoms. The Kier molecular flexibility index (Phi) is 17.7. The minimum absolute atomic E-state index is 0.517. The lowest BCUT2D eigenvalue weighted by atomic mass is 10.2. The van der Waals surface area contributed by atoms with Gasteiger partial charge in [0.2, 0.25) is 0 Å². The first kappa shape index (κ1) is 20.8. The first-order chi connectivity index (χ1) is 10.3. The Hall–Kier alpha value is -0.200. The molecule has 21 heavy (non-hydrogen) atoms. The lowest BCUT2D eigenvalue weighted by molar-refractivity contribution is -0.00271. The van der Waals surface area contributed by atoms with Crippen molar-refractivity contribution in [3.8, 4) is 0 Å². The van der Waals surface area contributed by atoms with E-state index < -0.39 is 0 Å². The van der Waals surface area contributed by atoms with E-state index in [9.17, 15) is 0 Å². The van der Waals surface area contributed by atoms with Gasteiger partial charge in [-0.05, 0) is 26.3 Å². The topological polar surface area (TPSA) is 49.0 Å². The number of hydrogen-bond donors (Lipinski definition) is 1. The van der Waals surface area contributed by atoms with Crippen molar-refractivity contribution >= 4 is 0 Å². The summed E-state index contributed by atoms with van der Waals surface area (Å²) in [6, 6.07) is 0.517. The average molecular weight is 305 g/mol. The van der Waals surface area contributed by atoms with Crippen molar-refractivity contribution < 1.29 is 18.9 Å². The highest BCUT2D eigenvalue weighted by molar-refractivity contribution is 4.57. The third-order valence-corrected chi connectivity index (χ3v) is 3.01. The molecule has 0 radical (unpaired) electrons. The van der Waals surface area contributed by atoms with Gasteiger partial charge in [-0.25, -0.2) is 0 Å². The monoisotopic (exact) mass is 305 g/mol. The Balaban J connectivity index is 2.99. The van der Waals surface area contributed by atoms with E-state index in [2.05, 4.69) is 26.1 Å². The van der Waals surface area contributed by atoms with Crippen LogP contribution in [0.4, 0.5) is 0 Å². The summed E-state index contributed by atoms with van der Waals surface area (Å²) in [6.07, 6.45) is 3.33. The van der Waals surface area contributed by atoms with Gasteiger partial charge in [0.05, 0.1) is 39.6 Å². The Labute approximate surface area is 130 Å². The number of rotatable bonds is 17. The maximum Gasteiger partial charge on any atom is 0.0701 e. The van der Waals surface area contributed by atoms with Crippen LogP contribution in [-0.4, -0.2) is 65.4 Å². The van der Waals surface area contributed by atoms with Crippen LogP contribution in [0.3, 0.4) is 0 Å². The molecule has 0 aromatic carbocycles. The normalized spacial score (nSPS) is 12.7. The Morgan fingerprint density at radius 1 is 0.714 bits per heavy atom. The molecule has 0 aromatic rings. The summed E-state index contributed by atoms with van der Waals surface area (Å²) in [6.45, 7) is 12.9. The van der Waals surface area contributed by atoms with Crippen LogP contribution in [0.1, 0.15) is 40.0 Å². The van der Waals surface area contributed by atoms with E-state index in [0.29, 0.717) is 45.7 Å². The first-order valence-corrected chi connectivity index (χ1v) is 8.35. The van der Waals surface area contributed by atoms with Gasteiger partial charge < -0.3 is 24.3 Å². The first-order valence-electron chi connectivity index (χ1n) is 8.35. The minimum atomic E-state index is 0.517. The van der Waals surface area contributed by atoms with Crippen molar-refractivity contribution in [3.05, 3.63) is 0 Å². The van der Waals surface area contributed by atoms with E-state index in [1.807, 2.05) is 0 Å². The highest BCUT2D eigenvalue weighted by Crippen LogP contribution is 1.91. The molecular weight excluding hydrogens is 270 g/mol. The molecule has 0 saturated carbocycles. The number of nitrogens with one attached hydrogen (secondary N) is 1. The van der Waals surface area contributed by atoms with Crippen LogP contribution in [0.2, 0.25) is 0 Å². The van der Waals surface area contributed by atoms with Crippen LogP contribution in [0.15, 0.2) is 0 Å². The minimum Gasteiger partial charge on any atom is -0.379 e. The SMILES string of the molecule is CCCCOCCOCCOCCOCCC(C)NCC. The molecule has 0 fully saturated rings. The van der Waals surface area contributed by atoms with Crippen molar-refractivity contribution in [2.45, 2.75) is 46.1 Å². The van der Waals surface area contributed by atoms with Crippen LogP contribution in [0.25, 0.3) is 0 Å². The van der Waals surface area contributed by atoms with Gasteiger partial charge in [0.1, 0.15) is 0 Å². The summed E-state index contributed by atoms with van der Waals surface area (Å²) in [5.74, 6) is 0. The second-order valence-electron chi connectivity index (χ2n) is 5.05. The summed E-state index contributed by atoms with van der Waals surface area (Å²) < 4.78 is 21.7. The smallest absolute Gasteiger partial charge is 0.0701 e.